The fourth-order valence-electron chi connectivity index (χ4n) is 2.80. The number of para-hydroxylation sites is 2. The van der Waals surface area contributed by atoms with E-state index in [0.29, 0.717) is 12.8 Å². The van der Waals surface area contributed by atoms with Gasteiger partial charge in [-0.05, 0) is 49.9 Å². The molecule has 0 aliphatic rings. The summed E-state index contributed by atoms with van der Waals surface area (Å²) >= 11 is 0. The molecule has 0 fully saturated rings. The van der Waals surface area contributed by atoms with Crippen molar-refractivity contribution in [3.63, 3.8) is 0 Å². The Hall–Kier alpha value is -3.68. The van der Waals surface area contributed by atoms with Crippen LogP contribution in [0.5, 0.6) is 11.5 Å². The first-order valence-electron chi connectivity index (χ1n) is 10.3. The average Bonchev–Trinajstić information content (AvgIpc) is 2.75. The number of carbonyl (C=O) groups excluding carboxylic acids is 4. The Balaban J connectivity index is 1.64. The topological polar surface area (TPSA) is 105 Å². The molecule has 32 heavy (non-hydrogen) atoms. The molecule has 8 heteroatoms. The van der Waals surface area contributed by atoms with Gasteiger partial charge in [0.05, 0.1) is 13.2 Å². The van der Waals surface area contributed by atoms with Crippen LogP contribution in [0.25, 0.3) is 0 Å². The number of rotatable bonds is 11. The van der Waals surface area contributed by atoms with Crippen molar-refractivity contribution in [3.05, 3.63) is 59.7 Å². The van der Waals surface area contributed by atoms with Crippen molar-refractivity contribution in [2.75, 3.05) is 13.2 Å². The van der Waals surface area contributed by atoms with E-state index < -0.39 is 23.9 Å². The molecule has 8 nitrogen and oxygen atoms in total. The summed E-state index contributed by atoms with van der Waals surface area (Å²) < 4.78 is 20.5. The fourth-order valence-corrected chi connectivity index (χ4v) is 2.80. The molecule has 2 rings (SSSR count). The van der Waals surface area contributed by atoms with E-state index in [2.05, 4.69) is 0 Å². The molecule has 0 atom stereocenters. The summed E-state index contributed by atoms with van der Waals surface area (Å²) in [6.07, 6.45) is 2.84. The second kappa shape index (κ2) is 12.9. The predicted molar refractivity (Wildman–Crippen MR) is 115 cm³/mol. The van der Waals surface area contributed by atoms with Gasteiger partial charge in [-0.1, -0.05) is 24.3 Å². The Morgan fingerprint density at radius 1 is 0.594 bits per heavy atom. The molecule has 0 unspecified atom stereocenters. The summed E-state index contributed by atoms with van der Waals surface area (Å²) in [5.41, 5.74) is 0.396. The summed E-state index contributed by atoms with van der Waals surface area (Å²) in [6.45, 7) is 2.97. The quantitative estimate of drug-likeness (QED) is 0.291. The number of unbranched alkanes of at least 4 members (excludes halogenated alkanes) is 3. The standard InChI is InChI=1S/C24H26O8/c1-17(25)31-21-13-7-5-11-19(21)23(27)29-15-9-3-4-10-16-30-24(28)20-12-6-8-14-22(20)32-18(2)26/h5-8,11-14H,3-4,9-10,15-16H2,1-2H3. The summed E-state index contributed by atoms with van der Waals surface area (Å²) in [5, 5.41) is 0. The Bertz CT molecular complexity index is 873. The molecule has 2 aromatic carbocycles. The van der Waals surface area contributed by atoms with Crippen molar-refractivity contribution in [1.29, 1.82) is 0 Å². The van der Waals surface area contributed by atoms with Crippen molar-refractivity contribution in [3.8, 4) is 11.5 Å². The Morgan fingerprint density at radius 2 is 0.969 bits per heavy atom. The number of hydrogen-bond donors (Lipinski definition) is 0. The fraction of sp³-hybridized carbons (Fsp3) is 0.333. The first-order chi connectivity index (χ1) is 15.4. The largest absolute Gasteiger partial charge is 0.462 e. The zero-order valence-electron chi connectivity index (χ0n) is 18.1. The lowest BCUT2D eigenvalue weighted by molar-refractivity contribution is -0.132. The zero-order valence-corrected chi connectivity index (χ0v) is 18.1. The molecule has 0 radical (unpaired) electrons. The first-order valence-corrected chi connectivity index (χ1v) is 10.3. The number of esters is 4. The van der Waals surface area contributed by atoms with Crippen LogP contribution in [0.4, 0.5) is 0 Å². The van der Waals surface area contributed by atoms with Crippen LogP contribution in [-0.4, -0.2) is 37.1 Å². The second-order valence-electron chi connectivity index (χ2n) is 6.87. The maximum Gasteiger partial charge on any atom is 0.341 e. The molecule has 2 aromatic rings. The van der Waals surface area contributed by atoms with Crippen molar-refractivity contribution < 1.29 is 38.1 Å². The van der Waals surface area contributed by atoms with Gasteiger partial charge in [0, 0.05) is 13.8 Å². The lowest BCUT2D eigenvalue weighted by Crippen LogP contribution is -2.11. The second-order valence-corrected chi connectivity index (χ2v) is 6.87. The van der Waals surface area contributed by atoms with E-state index in [1.807, 2.05) is 0 Å². The molecule has 0 spiro atoms. The van der Waals surface area contributed by atoms with Crippen molar-refractivity contribution >= 4 is 23.9 Å². The molecular weight excluding hydrogens is 416 g/mol. The zero-order chi connectivity index (χ0) is 23.3. The van der Waals surface area contributed by atoms with E-state index in [4.69, 9.17) is 18.9 Å². The lowest BCUT2D eigenvalue weighted by Gasteiger charge is -2.10. The van der Waals surface area contributed by atoms with Gasteiger partial charge in [0.15, 0.2) is 0 Å². The van der Waals surface area contributed by atoms with Gasteiger partial charge >= 0.3 is 23.9 Å². The van der Waals surface area contributed by atoms with Crippen LogP contribution in [0.15, 0.2) is 48.5 Å². The molecule has 0 amide bonds. The van der Waals surface area contributed by atoms with E-state index in [9.17, 15) is 19.2 Å². The smallest absolute Gasteiger partial charge is 0.341 e. The van der Waals surface area contributed by atoms with E-state index in [1.54, 1.807) is 24.3 Å². The summed E-state index contributed by atoms with van der Waals surface area (Å²) in [7, 11) is 0. The maximum atomic E-state index is 12.2. The molecule has 0 aliphatic heterocycles. The van der Waals surface area contributed by atoms with E-state index in [-0.39, 0.29) is 35.8 Å². The number of carbonyl (C=O) groups is 4. The maximum absolute atomic E-state index is 12.2. The average molecular weight is 442 g/mol. The van der Waals surface area contributed by atoms with Gasteiger partial charge in [-0.3, -0.25) is 9.59 Å². The van der Waals surface area contributed by atoms with E-state index in [0.717, 1.165) is 12.8 Å². The minimum Gasteiger partial charge on any atom is -0.462 e. The molecule has 170 valence electrons. The Morgan fingerprint density at radius 3 is 1.34 bits per heavy atom. The molecule has 0 N–H and O–H groups in total. The SMILES string of the molecule is CC(=O)Oc1ccccc1C(=O)OCCCCCCOC(=O)c1ccccc1OC(C)=O. The first kappa shape index (κ1) is 24.6. The number of ether oxygens (including phenoxy) is 4. The van der Waals surface area contributed by atoms with Crippen LogP contribution in [0, 0.1) is 0 Å². The molecular formula is C24H26O8. The van der Waals surface area contributed by atoms with Gasteiger partial charge in [-0.2, -0.15) is 0 Å². The highest BCUT2D eigenvalue weighted by Crippen LogP contribution is 2.20. The predicted octanol–water partition coefficient (Wildman–Crippen LogP) is 4.11. The van der Waals surface area contributed by atoms with Gasteiger partial charge in [-0.25, -0.2) is 9.59 Å². The highest BCUT2D eigenvalue weighted by molar-refractivity contribution is 5.94. The molecule has 0 saturated carbocycles. The van der Waals surface area contributed by atoms with Crippen LogP contribution < -0.4 is 9.47 Å². The van der Waals surface area contributed by atoms with E-state index >= 15 is 0 Å². The normalized spacial score (nSPS) is 10.2. The summed E-state index contributed by atoms with van der Waals surface area (Å²) in [6, 6.07) is 12.8. The van der Waals surface area contributed by atoms with Gasteiger partial charge in [0.25, 0.3) is 0 Å². The van der Waals surface area contributed by atoms with Crippen LogP contribution >= 0.6 is 0 Å². The molecule has 0 saturated heterocycles. The van der Waals surface area contributed by atoms with Crippen molar-refractivity contribution in [1.82, 2.24) is 0 Å². The number of benzene rings is 2. The molecule has 0 heterocycles. The van der Waals surface area contributed by atoms with Gasteiger partial charge in [0.2, 0.25) is 0 Å². The van der Waals surface area contributed by atoms with Crippen LogP contribution in [0.1, 0.15) is 60.2 Å². The third-order valence-electron chi connectivity index (χ3n) is 4.23. The highest BCUT2D eigenvalue weighted by Gasteiger charge is 2.16. The highest BCUT2D eigenvalue weighted by atomic mass is 16.6. The lowest BCUT2D eigenvalue weighted by atomic mass is 10.2. The minimum atomic E-state index is -0.553. The molecule has 0 aromatic heterocycles. The van der Waals surface area contributed by atoms with Crippen molar-refractivity contribution in [2.45, 2.75) is 39.5 Å². The van der Waals surface area contributed by atoms with Gasteiger partial charge in [-0.15, -0.1) is 0 Å². The summed E-state index contributed by atoms with van der Waals surface area (Å²) in [5.74, 6) is -1.80. The van der Waals surface area contributed by atoms with Crippen LogP contribution in [0.2, 0.25) is 0 Å². The van der Waals surface area contributed by atoms with Crippen LogP contribution in [-0.2, 0) is 19.1 Å². The minimum absolute atomic E-state index is 0.169. The molecule has 0 aliphatic carbocycles. The van der Waals surface area contributed by atoms with E-state index in [1.165, 1.54) is 38.1 Å². The van der Waals surface area contributed by atoms with Gasteiger partial charge < -0.3 is 18.9 Å². The van der Waals surface area contributed by atoms with Gasteiger partial charge in [0.1, 0.15) is 22.6 Å². The Labute approximate surface area is 186 Å². The number of hydrogen-bond acceptors (Lipinski definition) is 8. The third-order valence-corrected chi connectivity index (χ3v) is 4.23. The monoisotopic (exact) mass is 442 g/mol. The third kappa shape index (κ3) is 8.22. The summed E-state index contributed by atoms with van der Waals surface area (Å²) in [4.78, 5) is 46.6. The van der Waals surface area contributed by atoms with Crippen LogP contribution in [0.3, 0.4) is 0 Å². The van der Waals surface area contributed by atoms with Crippen molar-refractivity contribution in [2.24, 2.45) is 0 Å². The molecule has 0 bridgehead atoms. The Kier molecular flexibility index (Phi) is 9.90.